The number of hydrogen-bond acceptors (Lipinski definition) is 4. The van der Waals surface area contributed by atoms with Gasteiger partial charge < -0.3 is 21.1 Å². The summed E-state index contributed by atoms with van der Waals surface area (Å²) in [6.07, 6.45) is 1.97. The Hall–Kier alpha value is -2.12. The van der Waals surface area contributed by atoms with E-state index >= 15 is 0 Å². The average Bonchev–Trinajstić information content (AvgIpc) is 2.57. The standard InChI is InChI=1S/C19H35N3O5/c1-7-9-15(23)22-16(12(5)8-2)18(25)20-13(6)17(24)21-14(19(26)27)10-11(3)4/h11-14,16H,7-10H2,1-6H3,(H,20,25)(H,21,24)(H,22,23)(H,26,27). The van der Waals surface area contributed by atoms with Crippen LogP contribution in [0, 0.1) is 11.8 Å². The molecule has 8 heteroatoms. The van der Waals surface area contributed by atoms with Gasteiger partial charge in [0.15, 0.2) is 0 Å². The Bertz CT molecular complexity index is 521. The molecule has 4 N–H and O–H groups in total. The molecular formula is C19H35N3O5. The van der Waals surface area contributed by atoms with E-state index in [2.05, 4.69) is 16.0 Å². The third-order valence-corrected chi connectivity index (χ3v) is 4.36. The lowest BCUT2D eigenvalue weighted by atomic mass is 9.97. The van der Waals surface area contributed by atoms with E-state index in [-0.39, 0.29) is 17.7 Å². The summed E-state index contributed by atoms with van der Waals surface area (Å²) < 4.78 is 0. The minimum atomic E-state index is -1.11. The van der Waals surface area contributed by atoms with Crippen molar-refractivity contribution in [2.75, 3.05) is 0 Å². The van der Waals surface area contributed by atoms with Crippen LogP contribution in [0.25, 0.3) is 0 Å². The van der Waals surface area contributed by atoms with Gasteiger partial charge in [0.2, 0.25) is 17.7 Å². The molecule has 0 radical (unpaired) electrons. The van der Waals surface area contributed by atoms with Gasteiger partial charge in [0.05, 0.1) is 0 Å². The van der Waals surface area contributed by atoms with Gasteiger partial charge in [0.1, 0.15) is 18.1 Å². The second kappa shape index (κ2) is 12.3. The summed E-state index contributed by atoms with van der Waals surface area (Å²) in [6.45, 7) is 10.9. The molecule has 0 saturated heterocycles. The molecule has 0 spiro atoms. The summed E-state index contributed by atoms with van der Waals surface area (Å²) in [5.74, 6) is -2.35. The number of carbonyl (C=O) groups excluding carboxylic acids is 3. The number of hydrogen-bond donors (Lipinski definition) is 4. The monoisotopic (exact) mass is 385 g/mol. The van der Waals surface area contributed by atoms with Gasteiger partial charge in [-0.25, -0.2) is 4.79 Å². The highest BCUT2D eigenvalue weighted by atomic mass is 16.4. The zero-order valence-electron chi connectivity index (χ0n) is 17.3. The van der Waals surface area contributed by atoms with Crippen molar-refractivity contribution in [3.63, 3.8) is 0 Å². The van der Waals surface area contributed by atoms with Crippen molar-refractivity contribution in [1.82, 2.24) is 16.0 Å². The maximum absolute atomic E-state index is 12.6. The molecule has 0 aromatic rings. The highest BCUT2D eigenvalue weighted by Crippen LogP contribution is 2.09. The Kier molecular flexibility index (Phi) is 11.3. The quantitative estimate of drug-likeness (QED) is 0.405. The number of rotatable bonds is 12. The zero-order valence-corrected chi connectivity index (χ0v) is 17.3. The van der Waals surface area contributed by atoms with Gasteiger partial charge in [0.25, 0.3) is 0 Å². The van der Waals surface area contributed by atoms with Crippen molar-refractivity contribution in [3.8, 4) is 0 Å². The Labute approximate surface area is 161 Å². The lowest BCUT2D eigenvalue weighted by Crippen LogP contribution is -2.56. The van der Waals surface area contributed by atoms with E-state index in [1.807, 2.05) is 34.6 Å². The maximum Gasteiger partial charge on any atom is 0.326 e. The minimum Gasteiger partial charge on any atom is -0.480 e. The van der Waals surface area contributed by atoms with Crippen LogP contribution in [0.3, 0.4) is 0 Å². The molecule has 0 rings (SSSR count). The van der Waals surface area contributed by atoms with E-state index in [1.54, 1.807) is 0 Å². The second-order valence-corrected chi connectivity index (χ2v) is 7.44. The lowest BCUT2D eigenvalue weighted by Gasteiger charge is -2.26. The highest BCUT2D eigenvalue weighted by Gasteiger charge is 2.29. The fraction of sp³-hybridized carbons (Fsp3) is 0.789. The Balaban J connectivity index is 4.96. The minimum absolute atomic E-state index is 0.0971. The first-order chi connectivity index (χ1) is 12.5. The summed E-state index contributed by atoms with van der Waals surface area (Å²) in [7, 11) is 0. The van der Waals surface area contributed by atoms with Gasteiger partial charge in [-0.3, -0.25) is 14.4 Å². The van der Waals surface area contributed by atoms with Crippen LogP contribution in [0.15, 0.2) is 0 Å². The number of carboxylic acids is 1. The van der Waals surface area contributed by atoms with E-state index in [1.165, 1.54) is 6.92 Å². The van der Waals surface area contributed by atoms with Crippen LogP contribution >= 0.6 is 0 Å². The number of nitrogens with one attached hydrogen (secondary N) is 3. The van der Waals surface area contributed by atoms with Gasteiger partial charge in [-0.15, -0.1) is 0 Å². The molecule has 3 amide bonds. The van der Waals surface area contributed by atoms with Crippen molar-refractivity contribution in [2.45, 2.75) is 85.4 Å². The van der Waals surface area contributed by atoms with Crippen LogP contribution in [0.4, 0.5) is 0 Å². The van der Waals surface area contributed by atoms with Gasteiger partial charge in [-0.1, -0.05) is 41.0 Å². The summed E-state index contributed by atoms with van der Waals surface area (Å²) >= 11 is 0. The van der Waals surface area contributed by atoms with Crippen molar-refractivity contribution >= 4 is 23.7 Å². The first-order valence-electron chi connectivity index (χ1n) is 9.66. The smallest absolute Gasteiger partial charge is 0.326 e. The molecule has 27 heavy (non-hydrogen) atoms. The van der Waals surface area contributed by atoms with Crippen molar-refractivity contribution in [3.05, 3.63) is 0 Å². The highest BCUT2D eigenvalue weighted by molar-refractivity contribution is 5.93. The molecule has 0 aromatic carbocycles. The third kappa shape index (κ3) is 9.40. The van der Waals surface area contributed by atoms with E-state index in [9.17, 15) is 24.3 Å². The second-order valence-electron chi connectivity index (χ2n) is 7.44. The molecule has 0 fully saturated rings. The van der Waals surface area contributed by atoms with Crippen LogP contribution in [0.2, 0.25) is 0 Å². The normalized spacial score (nSPS) is 15.4. The molecule has 0 heterocycles. The first-order valence-corrected chi connectivity index (χ1v) is 9.66. The SMILES string of the molecule is CCCC(=O)NC(C(=O)NC(C)C(=O)NC(CC(C)C)C(=O)O)C(C)CC. The predicted octanol–water partition coefficient (Wildman–Crippen LogP) is 1.44. The van der Waals surface area contributed by atoms with E-state index in [0.29, 0.717) is 25.7 Å². The van der Waals surface area contributed by atoms with E-state index in [4.69, 9.17) is 0 Å². The number of carboxylic acid groups (broad SMARTS) is 1. The summed E-state index contributed by atoms with van der Waals surface area (Å²) in [4.78, 5) is 48.0. The number of amides is 3. The van der Waals surface area contributed by atoms with E-state index in [0.717, 1.165) is 0 Å². The number of carbonyl (C=O) groups is 4. The number of aliphatic carboxylic acids is 1. The molecule has 4 unspecified atom stereocenters. The van der Waals surface area contributed by atoms with Crippen molar-refractivity contribution in [1.29, 1.82) is 0 Å². The van der Waals surface area contributed by atoms with E-state index < -0.39 is 35.9 Å². The van der Waals surface area contributed by atoms with Crippen molar-refractivity contribution < 1.29 is 24.3 Å². The van der Waals surface area contributed by atoms with Crippen LogP contribution in [-0.4, -0.2) is 46.9 Å². The largest absolute Gasteiger partial charge is 0.480 e. The lowest BCUT2D eigenvalue weighted by molar-refractivity contribution is -0.142. The predicted molar refractivity (Wildman–Crippen MR) is 103 cm³/mol. The first kappa shape index (κ1) is 24.9. The topological polar surface area (TPSA) is 125 Å². The molecular weight excluding hydrogens is 350 g/mol. The fourth-order valence-corrected chi connectivity index (χ4v) is 2.53. The maximum atomic E-state index is 12.6. The molecule has 4 atom stereocenters. The summed E-state index contributed by atoms with van der Waals surface area (Å²) in [5.41, 5.74) is 0. The van der Waals surface area contributed by atoms with Gasteiger partial charge >= 0.3 is 5.97 Å². The van der Waals surface area contributed by atoms with Crippen LogP contribution in [0.5, 0.6) is 0 Å². The Morgan fingerprint density at radius 3 is 1.93 bits per heavy atom. The van der Waals surface area contributed by atoms with Crippen LogP contribution < -0.4 is 16.0 Å². The molecule has 0 aliphatic heterocycles. The zero-order chi connectivity index (χ0) is 21.1. The summed E-state index contributed by atoms with van der Waals surface area (Å²) in [5, 5.41) is 17.0. The van der Waals surface area contributed by atoms with Crippen LogP contribution in [0.1, 0.15) is 67.2 Å². The molecule has 156 valence electrons. The molecule has 0 aromatic heterocycles. The molecule has 0 aliphatic carbocycles. The molecule has 0 aliphatic rings. The summed E-state index contributed by atoms with van der Waals surface area (Å²) in [6, 6.07) is -2.66. The Morgan fingerprint density at radius 2 is 1.48 bits per heavy atom. The molecule has 8 nitrogen and oxygen atoms in total. The van der Waals surface area contributed by atoms with Gasteiger partial charge in [-0.05, 0) is 31.6 Å². The van der Waals surface area contributed by atoms with Gasteiger partial charge in [-0.2, -0.15) is 0 Å². The average molecular weight is 386 g/mol. The molecule has 0 saturated carbocycles. The fourth-order valence-electron chi connectivity index (χ4n) is 2.53. The van der Waals surface area contributed by atoms with Crippen LogP contribution in [-0.2, 0) is 19.2 Å². The third-order valence-electron chi connectivity index (χ3n) is 4.36. The van der Waals surface area contributed by atoms with Crippen molar-refractivity contribution in [2.24, 2.45) is 11.8 Å². The molecule has 0 bridgehead atoms. The Morgan fingerprint density at radius 1 is 0.889 bits per heavy atom. The van der Waals surface area contributed by atoms with Gasteiger partial charge in [0, 0.05) is 6.42 Å².